The van der Waals surface area contributed by atoms with E-state index < -0.39 is 10.2 Å². The first-order valence-electron chi connectivity index (χ1n) is 7.86. The second-order valence-corrected chi connectivity index (χ2v) is 8.51. The van der Waals surface area contributed by atoms with E-state index in [9.17, 15) is 8.42 Å². The summed E-state index contributed by atoms with van der Waals surface area (Å²) in [5, 5.41) is 3.32. The molecule has 1 saturated carbocycles. The number of hydrogen-bond acceptors (Lipinski definition) is 3. The Morgan fingerprint density at radius 3 is 2.40 bits per heavy atom. The number of hydrogen-bond donors (Lipinski definition) is 2. The first kappa shape index (κ1) is 16.2. The van der Waals surface area contributed by atoms with E-state index in [1.165, 1.54) is 6.42 Å². The summed E-state index contributed by atoms with van der Waals surface area (Å²) in [6, 6.07) is 0.182. The fourth-order valence-electron chi connectivity index (χ4n) is 3.22. The average Bonchev–Trinajstić information content (AvgIpc) is 2.46. The average molecular weight is 303 g/mol. The molecule has 0 aromatic rings. The Morgan fingerprint density at radius 1 is 1.20 bits per heavy atom. The Balaban J connectivity index is 1.89. The van der Waals surface area contributed by atoms with Gasteiger partial charge >= 0.3 is 0 Å². The van der Waals surface area contributed by atoms with Crippen molar-refractivity contribution in [2.75, 3.05) is 26.7 Å². The smallest absolute Gasteiger partial charge is 0.279 e. The van der Waals surface area contributed by atoms with Crippen molar-refractivity contribution < 1.29 is 8.42 Å². The minimum atomic E-state index is -3.33. The van der Waals surface area contributed by atoms with Crippen molar-refractivity contribution in [3.8, 4) is 0 Å². The summed E-state index contributed by atoms with van der Waals surface area (Å²) in [5.74, 6) is 0. The third-order valence-corrected chi connectivity index (χ3v) is 6.53. The fraction of sp³-hybridized carbons (Fsp3) is 1.00. The summed E-state index contributed by atoms with van der Waals surface area (Å²) in [6.45, 7) is 4.69. The molecule has 1 heterocycles. The molecule has 0 spiro atoms. The molecular weight excluding hydrogens is 274 g/mol. The van der Waals surface area contributed by atoms with Crippen LogP contribution in [0.15, 0.2) is 0 Å². The molecule has 5 nitrogen and oxygen atoms in total. The molecule has 1 aliphatic carbocycles. The summed E-state index contributed by atoms with van der Waals surface area (Å²) in [7, 11) is -1.61. The summed E-state index contributed by atoms with van der Waals surface area (Å²) >= 11 is 0. The maximum atomic E-state index is 12.4. The van der Waals surface area contributed by atoms with Crippen molar-refractivity contribution in [2.45, 2.75) is 57.9 Å². The zero-order valence-electron chi connectivity index (χ0n) is 12.8. The molecule has 2 rings (SSSR count). The Hall–Kier alpha value is -0.170. The Kier molecular flexibility index (Phi) is 5.45. The zero-order valence-corrected chi connectivity index (χ0v) is 13.6. The van der Waals surface area contributed by atoms with Gasteiger partial charge in [0.1, 0.15) is 0 Å². The van der Waals surface area contributed by atoms with Gasteiger partial charge in [-0.3, -0.25) is 0 Å². The summed E-state index contributed by atoms with van der Waals surface area (Å²) < 4.78 is 29.2. The normalized spacial score (nSPS) is 24.9. The first-order chi connectivity index (χ1) is 9.43. The van der Waals surface area contributed by atoms with Crippen LogP contribution >= 0.6 is 0 Å². The minimum Gasteiger partial charge on any atom is -0.317 e. The van der Waals surface area contributed by atoms with E-state index >= 15 is 0 Å². The van der Waals surface area contributed by atoms with Gasteiger partial charge in [0, 0.05) is 19.6 Å². The maximum Gasteiger partial charge on any atom is 0.279 e. The van der Waals surface area contributed by atoms with Crippen LogP contribution in [0.2, 0.25) is 0 Å². The van der Waals surface area contributed by atoms with E-state index in [4.69, 9.17) is 0 Å². The van der Waals surface area contributed by atoms with Crippen LogP contribution in [-0.4, -0.2) is 45.4 Å². The van der Waals surface area contributed by atoms with Crippen LogP contribution in [0.25, 0.3) is 0 Å². The van der Waals surface area contributed by atoms with Gasteiger partial charge in [-0.15, -0.1) is 0 Å². The lowest BCUT2D eigenvalue weighted by atomic mass is 9.81. The molecule has 0 aromatic carbocycles. The van der Waals surface area contributed by atoms with Crippen LogP contribution < -0.4 is 10.0 Å². The van der Waals surface area contributed by atoms with E-state index in [1.54, 1.807) is 11.4 Å². The van der Waals surface area contributed by atoms with Gasteiger partial charge in [0.05, 0.1) is 0 Å². The maximum absolute atomic E-state index is 12.4. The van der Waals surface area contributed by atoms with Crippen molar-refractivity contribution >= 4 is 10.2 Å². The van der Waals surface area contributed by atoms with Gasteiger partial charge in [0.15, 0.2) is 0 Å². The van der Waals surface area contributed by atoms with E-state index in [1.807, 2.05) is 0 Å². The van der Waals surface area contributed by atoms with Gasteiger partial charge < -0.3 is 5.32 Å². The van der Waals surface area contributed by atoms with Crippen LogP contribution in [0.1, 0.15) is 51.9 Å². The Bertz CT molecular complexity index is 399. The minimum absolute atomic E-state index is 0.0890. The van der Waals surface area contributed by atoms with Gasteiger partial charge in [0.25, 0.3) is 10.2 Å². The number of rotatable bonds is 5. The molecule has 2 N–H and O–H groups in total. The largest absolute Gasteiger partial charge is 0.317 e. The van der Waals surface area contributed by atoms with Crippen molar-refractivity contribution in [2.24, 2.45) is 5.41 Å². The molecule has 0 radical (unpaired) electrons. The van der Waals surface area contributed by atoms with Gasteiger partial charge in [-0.1, -0.05) is 26.2 Å². The highest BCUT2D eigenvalue weighted by Crippen LogP contribution is 2.28. The van der Waals surface area contributed by atoms with Crippen LogP contribution in [0.4, 0.5) is 0 Å². The van der Waals surface area contributed by atoms with Gasteiger partial charge in [0.2, 0.25) is 0 Å². The van der Waals surface area contributed by atoms with Crippen molar-refractivity contribution in [3.05, 3.63) is 0 Å². The summed E-state index contributed by atoms with van der Waals surface area (Å²) in [4.78, 5) is 0. The van der Waals surface area contributed by atoms with E-state index in [0.717, 1.165) is 51.6 Å². The topological polar surface area (TPSA) is 61.4 Å². The lowest BCUT2D eigenvalue weighted by Gasteiger charge is -2.36. The highest BCUT2D eigenvalue weighted by atomic mass is 32.2. The Morgan fingerprint density at radius 2 is 1.80 bits per heavy atom. The Labute approximate surface area is 123 Å². The highest BCUT2D eigenvalue weighted by Gasteiger charge is 2.31. The quantitative estimate of drug-likeness (QED) is 0.808. The number of nitrogens with one attached hydrogen (secondary N) is 2. The number of nitrogens with zero attached hydrogens (tertiary/aromatic N) is 1. The van der Waals surface area contributed by atoms with Crippen molar-refractivity contribution in [1.82, 2.24) is 14.3 Å². The SMILES string of the molecule is CN(C1CCCCC1)S(=O)(=O)NCC1(C)CCNCC1. The molecule has 0 atom stereocenters. The lowest BCUT2D eigenvalue weighted by molar-refractivity contribution is 0.227. The van der Waals surface area contributed by atoms with Crippen LogP contribution in [0.3, 0.4) is 0 Å². The lowest BCUT2D eigenvalue weighted by Crippen LogP contribution is -2.49. The molecule has 118 valence electrons. The molecule has 2 aliphatic rings. The van der Waals surface area contributed by atoms with E-state index in [0.29, 0.717) is 6.54 Å². The molecule has 0 amide bonds. The molecule has 2 fully saturated rings. The fourth-order valence-corrected chi connectivity index (χ4v) is 4.55. The van der Waals surface area contributed by atoms with Crippen LogP contribution in [-0.2, 0) is 10.2 Å². The molecular formula is C14H29N3O2S. The third-order valence-electron chi connectivity index (χ3n) is 4.96. The molecule has 0 unspecified atom stereocenters. The predicted octanol–water partition coefficient (Wildman–Crippen LogP) is 1.47. The monoisotopic (exact) mass is 303 g/mol. The second kappa shape index (κ2) is 6.73. The second-order valence-electron chi connectivity index (χ2n) is 6.69. The highest BCUT2D eigenvalue weighted by molar-refractivity contribution is 7.87. The van der Waals surface area contributed by atoms with Crippen LogP contribution in [0.5, 0.6) is 0 Å². The molecule has 0 bridgehead atoms. The van der Waals surface area contributed by atoms with Gasteiger partial charge in [-0.25, -0.2) is 4.72 Å². The molecule has 20 heavy (non-hydrogen) atoms. The standard InChI is InChI=1S/C14H29N3O2S/c1-14(8-10-15-11-9-14)12-16-20(18,19)17(2)13-6-4-3-5-7-13/h13,15-16H,3-12H2,1-2H3. The van der Waals surface area contributed by atoms with Crippen molar-refractivity contribution in [3.63, 3.8) is 0 Å². The first-order valence-corrected chi connectivity index (χ1v) is 9.30. The summed E-state index contributed by atoms with van der Waals surface area (Å²) in [6.07, 6.45) is 7.59. The van der Waals surface area contributed by atoms with Crippen molar-refractivity contribution in [1.29, 1.82) is 0 Å². The van der Waals surface area contributed by atoms with E-state index in [-0.39, 0.29) is 11.5 Å². The molecule has 6 heteroatoms. The predicted molar refractivity (Wildman–Crippen MR) is 81.8 cm³/mol. The summed E-state index contributed by atoms with van der Waals surface area (Å²) in [5.41, 5.74) is 0.0890. The van der Waals surface area contributed by atoms with Crippen LogP contribution in [0, 0.1) is 5.41 Å². The molecule has 1 aliphatic heterocycles. The zero-order chi connectivity index (χ0) is 14.6. The molecule has 1 saturated heterocycles. The van der Waals surface area contributed by atoms with Gasteiger partial charge in [-0.05, 0) is 44.2 Å². The van der Waals surface area contributed by atoms with Gasteiger partial charge in [-0.2, -0.15) is 12.7 Å². The van der Waals surface area contributed by atoms with E-state index in [2.05, 4.69) is 17.0 Å². The number of piperidine rings is 1. The third kappa shape index (κ3) is 4.16. The molecule has 0 aromatic heterocycles.